The lowest BCUT2D eigenvalue weighted by atomic mass is 10.0. The SMILES string of the molecule is NS(=O)(=O)c1ccc(NC(=O)C2CC3CC3C2)c(Br)c1. The number of nitrogens with one attached hydrogen (secondary N) is 1. The van der Waals surface area contributed by atoms with Gasteiger partial charge in [-0.3, -0.25) is 4.79 Å². The number of primary sulfonamides is 1. The summed E-state index contributed by atoms with van der Waals surface area (Å²) >= 11 is 3.26. The number of anilines is 1. The summed E-state index contributed by atoms with van der Waals surface area (Å²) in [6.45, 7) is 0. The van der Waals surface area contributed by atoms with Gasteiger partial charge >= 0.3 is 0 Å². The monoisotopic (exact) mass is 358 g/mol. The number of rotatable bonds is 3. The highest BCUT2D eigenvalue weighted by atomic mass is 79.9. The van der Waals surface area contributed by atoms with E-state index in [0.717, 1.165) is 24.7 Å². The molecule has 5 nitrogen and oxygen atoms in total. The van der Waals surface area contributed by atoms with Crippen molar-refractivity contribution in [1.29, 1.82) is 0 Å². The van der Waals surface area contributed by atoms with Crippen LogP contribution in [0.15, 0.2) is 27.6 Å². The van der Waals surface area contributed by atoms with Gasteiger partial charge in [0.05, 0.1) is 10.6 Å². The molecule has 2 atom stereocenters. The first-order valence-electron chi connectivity index (χ1n) is 6.48. The number of sulfonamides is 1. The van der Waals surface area contributed by atoms with Gasteiger partial charge in [-0.15, -0.1) is 0 Å². The van der Waals surface area contributed by atoms with Gasteiger partial charge in [-0.1, -0.05) is 0 Å². The average molecular weight is 359 g/mol. The molecule has 0 bridgehead atoms. The van der Waals surface area contributed by atoms with E-state index >= 15 is 0 Å². The Labute approximate surface area is 126 Å². The third kappa shape index (κ3) is 2.75. The Bertz CT molecular complexity index is 664. The number of benzene rings is 1. The Morgan fingerprint density at radius 3 is 2.45 bits per heavy atom. The molecule has 1 aromatic carbocycles. The first kappa shape index (κ1) is 14.0. The minimum Gasteiger partial charge on any atom is -0.325 e. The molecule has 1 aromatic rings. The second-order valence-electron chi connectivity index (χ2n) is 5.60. The Hall–Kier alpha value is -0.920. The van der Waals surface area contributed by atoms with Gasteiger partial charge in [0.2, 0.25) is 15.9 Å². The van der Waals surface area contributed by atoms with Crippen molar-refractivity contribution in [2.75, 3.05) is 5.32 Å². The van der Waals surface area contributed by atoms with E-state index in [0.29, 0.717) is 10.2 Å². The predicted molar refractivity (Wildman–Crippen MR) is 78.5 cm³/mol. The van der Waals surface area contributed by atoms with E-state index in [1.807, 2.05) is 0 Å². The molecule has 20 heavy (non-hydrogen) atoms. The van der Waals surface area contributed by atoms with Crippen molar-refractivity contribution in [3.8, 4) is 0 Å². The molecular weight excluding hydrogens is 344 g/mol. The highest BCUT2D eigenvalue weighted by Crippen LogP contribution is 2.54. The maximum Gasteiger partial charge on any atom is 0.238 e. The number of fused-ring (bicyclic) bond motifs is 1. The molecule has 0 heterocycles. The van der Waals surface area contributed by atoms with Crippen LogP contribution in [0.5, 0.6) is 0 Å². The largest absolute Gasteiger partial charge is 0.325 e. The minimum absolute atomic E-state index is 0.0151. The predicted octanol–water partition coefficient (Wildman–Crippen LogP) is 2.08. The Morgan fingerprint density at radius 1 is 1.25 bits per heavy atom. The number of nitrogens with two attached hydrogens (primary N) is 1. The fourth-order valence-corrected chi connectivity index (χ4v) is 4.11. The maximum absolute atomic E-state index is 12.1. The summed E-state index contributed by atoms with van der Waals surface area (Å²) in [6, 6.07) is 4.34. The number of hydrogen-bond acceptors (Lipinski definition) is 3. The normalized spacial score (nSPS) is 28.0. The van der Waals surface area contributed by atoms with Crippen LogP contribution in [0.25, 0.3) is 0 Å². The summed E-state index contributed by atoms with van der Waals surface area (Å²) < 4.78 is 23.0. The van der Waals surface area contributed by atoms with Gasteiger partial charge in [0, 0.05) is 10.4 Å². The Morgan fingerprint density at radius 2 is 1.90 bits per heavy atom. The van der Waals surface area contributed by atoms with Gasteiger partial charge in [-0.2, -0.15) is 0 Å². The third-order valence-electron chi connectivity index (χ3n) is 4.14. The smallest absolute Gasteiger partial charge is 0.238 e. The number of amides is 1. The maximum atomic E-state index is 12.1. The summed E-state index contributed by atoms with van der Waals surface area (Å²) in [4.78, 5) is 12.2. The molecule has 0 saturated heterocycles. The molecular formula is C13H15BrN2O3S. The fraction of sp³-hybridized carbons (Fsp3) is 0.462. The minimum atomic E-state index is -3.73. The van der Waals surface area contributed by atoms with Gasteiger partial charge in [0.25, 0.3) is 0 Å². The summed E-state index contributed by atoms with van der Waals surface area (Å²) in [5, 5.41) is 7.91. The van der Waals surface area contributed by atoms with Crippen molar-refractivity contribution < 1.29 is 13.2 Å². The van der Waals surface area contributed by atoms with Gasteiger partial charge in [0.1, 0.15) is 0 Å². The van der Waals surface area contributed by atoms with Gasteiger partial charge in [-0.25, -0.2) is 13.6 Å². The molecule has 1 amide bonds. The van der Waals surface area contributed by atoms with Crippen molar-refractivity contribution in [2.24, 2.45) is 22.9 Å². The van der Waals surface area contributed by atoms with E-state index < -0.39 is 10.0 Å². The average Bonchev–Trinajstić information content (AvgIpc) is 2.97. The van der Waals surface area contributed by atoms with E-state index in [1.165, 1.54) is 18.6 Å². The van der Waals surface area contributed by atoms with Gasteiger partial charge in [0.15, 0.2) is 0 Å². The summed E-state index contributed by atoms with van der Waals surface area (Å²) in [6.07, 6.45) is 3.23. The van der Waals surface area contributed by atoms with Gasteiger partial charge < -0.3 is 5.32 Å². The molecule has 3 rings (SSSR count). The standard InChI is InChI=1S/C13H15BrN2O3S/c14-11-6-10(20(15,18)19)1-2-12(11)16-13(17)9-4-7-3-8(7)5-9/h1-2,6-9H,3-5H2,(H,16,17)(H2,15,18,19). The lowest BCUT2D eigenvalue weighted by molar-refractivity contribution is -0.120. The van der Waals surface area contributed by atoms with Crippen molar-refractivity contribution in [3.05, 3.63) is 22.7 Å². The molecule has 7 heteroatoms. The van der Waals surface area contributed by atoms with Gasteiger partial charge in [-0.05, 0) is 65.2 Å². The highest BCUT2D eigenvalue weighted by Gasteiger charge is 2.48. The molecule has 0 aromatic heterocycles. The van der Waals surface area contributed by atoms with Crippen LogP contribution in [0, 0.1) is 17.8 Å². The van der Waals surface area contributed by atoms with Crippen molar-refractivity contribution in [2.45, 2.75) is 24.2 Å². The molecule has 2 aliphatic carbocycles. The molecule has 0 aliphatic heterocycles. The van der Waals surface area contributed by atoms with E-state index in [1.54, 1.807) is 6.07 Å². The fourth-order valence-electron chi connectivity index (χ4n) is 2.94. The van der Waals surface area contributed by atoms with Crippen molar-refractivity contribution >= 4 is 37.5 Å². The number of carbonyl (C=O) groups excluding carboxylic acids is 1. The molecule has 0 spiro atoms. The molecule has 0 radical (unpaired) electrons. The topological polar surface area (TPSA) is 89.3 Å². The van der Waals surface area contributed by atoms with Crippen LogP contribution in [-0.2, 0) is 14.8 Å². The summed E-state index contributed by atoms with van der Waals surface area (Å²) in [7, 11) is -3.73. The zero-order valence-electron chi connectivity index (χ0n) is 10.7. The first-order valence-corrected chi connectivity index (χ1v) is 8.82. The molecule has 3 N–H and O–H groups in total. The van der Waals surface area contributed by atoms with Crippen LogP contribution in [0.4, 0.5) is 5.69 Å². The van der Waals surface area contributed by atoms with Crippen molar-refractivity contribution in [3.63, 3.8) is 0 Å². The molecule has 2 unspecified atom stereocenters. The van der Waals surface area contributed by atoms with Crippen LogP contribution in [0.2, 0.25) is 0 Å². The van der Waals surface area contributed by atoms with E-state index in [2.05, 4.69) is 21.2 Å². The highest BCUT2D eigenvalue weighted by molar-refractivity contribution is 9.10. The Balaban J connectivity index is 1.72. The van der Waals surface area contributed by atoms with E-state index in [9.17, 15) is 13.2 Å². The molecule has 108 valence electrons. The number of carbonyl (C=O) groups is 1. The quantitative estimate of drug-likeness (QED) is 0.866. The molecule has 2 saturated carbocycles. The van der Waals surface area contributed by atoms with Crippen LogP contribution in [0.1, 0.15) is 19.3 Å². The summed E-state index contributed by atoms with van der Waals surface area (Å²) in [5.41, 5.74) is 0.572. The molecule has 2 aliphatic rings. The Kier molecular flexibility index (Phi) is 3.38. The zero-order valence-corrected chi connectivity index (χ0v) is 13.1. The summed E-state index contributed by atoms with van der Waals surface area (Å²) in [5.74, 6) is 1.60. The lowest BCUT2D eigenvalue weighted by Gasteiger charge is -2.13. The van der Waals surface area contributed by atoms with Crippen LogP contribution < -0.4 is 10.5 Å². The number of halogens is 1. The molecule has 2 fully saturated rings. The van der Waals surface area contributed by atoms with Crippen LogP contribution >= 0.6 is 15.9 Å². The van der Waals surface area contributed by atoms with E-state index in [-0.39, 0.29) is 16.7 Å². The number of hydrogen-bond donors (Lipinski definition) is 2. The third-order valence-corrected chi connectivity index (χ3v) is 5.71. The van der Waals surface area contributed by atoms with Crippen LogP contribution in [0.3, 0.4) is 0 Å². The second kappa shape index (κ2) is 4.82. The lowest BCUT2D eigenvalue weighted by Crippen LogP contribution is -2.22. The van der Waals surface area contributed by atoms with Crippen molar-refractivity contribution in [1.82, 2.24) is 0 Å². The van der Waals surface area contributed by atoms with E-state index in [4.69, 9.17) is 5.14 Å². The first-order chi connectivity index (χ1) is 9.34. The second-order valence-corrected chi connectivity index (χ2v) is 8.02. The zero-order chi connectivity index (χ0) is 14.5. The van der Waals surface area contributed by atoms with Crippen LogP contribution in [-0.4, -0.2) is 14.3 Å².